The minimum atomic E-state index is -0.0771. The maximum atomic E-state index is 13.3. The van der Waals surface area contributed by atoms with E-state index in [-0.39, 0.29) is 23.8 Å². The van der Waals surface area contributed by atoms with Gasteiger partial charge in [0.15, 0.2) is 0 Å². The number of hydrogen-bond acceptors (Lipinski definition) is 7. The van der Waals surface area contributed by atoms with E-state index in [1.165, 1.54) is 0 Å². The molecule has 32 heavy (non-hydrogen) atoms. The first kappa shape index (κ1) is 20.8. The van der Waals surface area contributed by atoms with Crippen molar-refractivity contribution >= 4 is 23.6 Å². The second kappa shape index (κ2) is 8.82. The van der Waals surface area contributed by atoms with Crippen molar-refractivity contribution in [2.75, 3.05) is 36.0 Å². The van der Waals surface area contributed by atoms with Crippen LogP contribution in [0.25, 0.3) is 0 Å². The third-order valence-electron chi connectivity index (χ3n) is 6.55. The van der Waals surface area contributed by atoms with Crippen LogP contribution in [0.5, 0.6) is 0 Å². The number of nitrogens with zero attached hydrogens (tertiary/aromatic N) is 6. The van der Waals surface area contributed by atoms with Gasteiger partial charge in [-0.15, -0.1) is 0 Å². The maximum Gasteiger partial charge on any atom is 0.249 e. The molecule has 0 saturated carbocycles. The van der Waals surface area contributed by atoms with E-state index >= 15 is 0 Å². The monoisotopic (exact) mass is 436 g/mol. The van der Waals surface area contributed by atoms with Crippen molar-refractivity contribution in [2.24, 2.45) is 5.92 Å². The Kier molecular flexibility index (Phi) is 5.73. The Labute approximate surface area is 187 Å². The fraction of sp³-hybridized carbons (Fsp3) is 0.522. The lowest BCUT2D eigenvalue weighted by atomic mass is 9.94. The average Bonchev–Trinajstić information content (AvgIpc) is 3.49. The summed E-state index contributed by atoms with van der Waals surface area (Å²) in [5.41, 5.74) is 1.98. The largest absolute Gasteiger partial charge is 0.356 e. The number of pyridine rings is 1. The number of piperidine rings is 1. The molecular formula is C23H28N6O3. The highest BCUT2D eigenvalue weighted by Gasteiger charge is 2.37. The van der Waals surface area contributed by atoms with Gasteiger partial charge in [0.05, 0.1) is 12.6 Å². The Balaban J connectivity index is 1.22. The molecule has 9 nitrogen and oxygen atoms in total. The van der Waals surface area contributed by atoms with Crippen molar-refractivity contribution in [3.8, 4) is 0 Å². The molecule has 0 aliphatic carbocycles. The normalized spacial score (nSPS) is 22.1. The van der Waals surface area contributed by atoms with Crippen molar-refractivity contribution < 1.29 is 14.4 Å². The quantitative estimate of drug-likeness (QED) is 0.727. The van der Waals surface area contributed by atoms with Crippen molar-refractivity contribution in [3.63, 3.8) is 0 Å². The number of rotatable bonds is 4. The Morgan fingerprint density at radius 1 is 1.09 bits per heavy atom. The topological polar surface area (TPSA) is 91.8 Å². The lowest BCUT2D eigenvalue weighted by Gasteiger charge is -2.34. The van der Waals surface area contributed by atoms with Crippen molar-refractivity contribution in [1.82, 2.24) is 20.0 Å². The summed E-state index contributed by atoms with van der Waals surface area (Å²) in [6, 6.07) is 5.80. The first-order chi connectivity index (χ1) is 15.6. The van der Waals surface area contributed by atoms with Gasteiger partial charge in [0.1, 0.15) is 5.82 Å². The number of hydrogen-bond donors (Lipinski definition) is 0. The van der Waals surface area contributed by atoms with Crippen LogP contribution in [0.4, 0.5) is 11.8 Å². The van der Waals surface area contributed by atoms with E-state index < -0.39 is 0 Å². The summed E-state index contributed by atoms with van der Waals surface area (Å²) < 4.78 is 0. The molecule has 5 rings (SSSR count). The molecule has 2 amide bonds. The standard InChI is InChI=1S/C23H28N6O3/c1-16-4-5-18(15-25-16)19-9-14-32-29(19)22(31)17-7-12-27(13-8-17)20-6-10-24-23(26-20)28-11-2-3-21(28)30/h4-6,10,15,17,19H,2-3,7-9,11-14H2,1H3/t19-/m0/s1. The van der Waals surface area contributed by atoms with Crippen LogP contribution in [0.15, 0.2) is 30.6 Å². The molecule has 0 radical (unpaired) electrons. The van der Waals surface area contributed by atoms with Gasteiger partial charge in [-0.05, 0) is 43.9 Å². The van der Waals surface area contributed by atoms with E-state index in [4.69, 9.17) is 4.84 Å². The molecular weight excluding hydrogens is 408 g/mol. The van der Waals surface area contributed by atoms with E-state index in [0.717, 1.165) is 55.8 Å². The number of carbonyl (C=O) groups excluding carboxylic acids is 2. The van der Waals surface area contributed by atoms with E-state index in [2.05, 4.69) is 19.9 Å². The van der Waals surface area contributed by atoms with Gasteiger partial charge in [-0.2, -0.15) is 4.98 Å². The summed E-state index contributed by atoms with van der Waals surface area (Å²) in [6.45, 7) is 4.63. The lowest BCUT2D eigenvalue weighted by molar-refractivity contribution is -0.182. The van der Waals surface area contributed by atoms with Crippen molar-refractivity contribution in [2.45, 2.75) is 45.1 Å². The minimum Gasteiger partial charge on any atom is -0.356 e. The molecule has 2 aromatic rings. The molecule has 0 bridgehead atoms. The molecule has 3 aliphatic rings. The first-order valence-corrected chi connectivity index (χ1v) is 11.4. The molecule has 0 spiro atoms. The number of carbonyl (C=O) groups is 2. The van der Waals surface area contributed by atoms with Crippen LogP contribution in [-0.2, 0) is 14.4 Å². The molecule has 3 aliphatic heterocycles. The maximum absolute atomic E-state index is 13.3. The number of aryl methyl sites for hydroxylation is 1. The molecule has 5 heterocycles. The van der Waals surface area contributed by atoms with Crippen LogP contribution in [0.2, 0.25) is 0 Å². The van der Waals surface area contributed by atoms with Gasteiger partial charge in [-0.1, -0.05) is 6.07 Å². The van der Waals surface area contributed by atoms with E-state index in [1.54, 1.807) is 16.2 Å². The Morgan fingerprint density at radius 3 is 2.66 bits per heavy atom. The number of aromatic nitrogens is 3. The Morgan fingerprint density at radius 2 is 1.94 bits per heavy atom. The highest BCUT2D eigenvalue weighted by atomic mass is 16.7. The fourth-order valence-electron chi connectivity index (χ4n) is 4.71. The minimum absolute atomic E-state index is 0.0544. The molecule has 3 fully saturated rings. The number of amides is 2. The zero-order valence-electron chi connectivity index (χ0n) is 18.3. The van der Waals surface area contributed by atoms with Gasteiger partial charge in [0, 0.05) is 56.5 Å². The predicted octanol–water partition coefficient (Wildman–Crippen LogP) is 2.43. The van der Waals surface area contributed by atoms with Gasteiger partial charge in [-0.25, -0.2) is 10.0 Å². The fourth-order valence-corrected chi connectivity index (χ4v) is 4.71. The van der Waals surface area contributed by atoms with Crippen LogP contribution in [0.1, 0.15) is 49.4 Å². The summed E-state index contributed by atoms with van der Waals surface area (Å²) in [4.78, 5) is 48.1. The van der Waals surface area contributed by atoms with Crippen LogP contribution in [-0.4, -0.2) is 58.1 Å². The highest BCUT2D eigenvalue weighted by molar-refractivity contribution is 5.93. The third kappa shape index (κ3) is 4.04. The first-order valence-electron chi connectivity index (χ1n) is 11.4. The van der Waals surface area contributed by atoms with E-state index in [0.29, 0.717) is 25.5 Å². The molecule has 3 saturated heterocycles. The highest BCUT2D eigenvalue weighted by Crippen LogP contribution is 2.34. The molecule has 0 N–H and O–H groups in total. The van der Waals surface area contributed by atoms with Gasteiger partial charge in [-0.3, -0.25) is 24.3 Å². The molecule has 2 aromatic heterocycles. The second-order valence-electron chi connectivity index (χ2n) is 8.66. The molecule has 9 heteroatoms. The van der Waals surface area contributed by atoms with Crippen LogP contribution in [0, 0.1) is 12.8 Å². The third-order valence-corrected chi connectivity index (χ3v) is 6.55. The number of anilines is 2. The average molecular weight is 437 g/mol. The summed E-state index contributed by atoms with van der Waals surface area (Å²) in [7, 11) is 0. The summed E-state index contributed by atoms with van der Waals surface area (Å²) in [5, 5.41) is 1.58. The zero-order chi connectivity index (χ0) is 22.1. The van der Waals surface area contributed by atoms with Crippen LogP contribution >= 0.6 is 0 Å². The van der Waals surface area contributed by atoms with E-state index in [1.807, 2.05) is 31.3 Å². The Hall–Kier alpha value is -3.07. The Bertz CT molecular complexity index is 989. The van der Waals surface area contributed by atoms with Crippen LogP contribution < -0.4 is 9.80 Å². The second-order valence-corrected chi connectivity index (χ2v) is 8.66. The van der Waals surface area contributed by atoms with Gasteiger partial charge in [0.2, 0.25) is 17.8 Å². The number of hydroxylamine groups is 2. The summed E-state index contributed by atoms with van der Waals surface area (Å²) in [6.07, 6.45) is 7.21. The van der Waals surface area contributed by atoms with Crippen molar-refractivity contribution in [3.05, 3.63) is 41.9 Å². The SMILES string of the molecule is Cc1ccc([C@@H]2CCON2C(=O)C2CCN(c3ccnc(N4CCCC4=O)n3)CC2)cn1. The molecule has 0 unspecified atom stereocenters. The van der Waals surface area contributed by atoms with E-state index in [9.17, 15) is 9.59 Å². The van der Waals surface area contributed by atoms with Gasteiger partial charge in [0.25, 0.3) is 0 Å². The summed E-state index contributed by atoms with van der Waals surface area (Å²) in [5.74, 6) is 1.34. The zero-order valence-corrected chi connectivity index (χ0v) is 18.3. The smallest absolute Gasteiger partial charge is 0.249 e. The summed E-state index contributed by atoms with van der Waals surface area (Å²) >= 11 is 0. The molecule has 1 atom stereocenters. The predicted molar refractivity (Wildman–Crippen MR) is 118 cm³/mol. The van der Waals surface area contributed by atoms with Gasteiger partial charge >= 0.3 is 0 Å². The van der Waals surface area contributed by atoms with Crippen LogP contribution in [0.3, 0.4) is 0 Å². The molecule has 168 valence electrons. The molecule has 0 aromatic carbocycles. The van der Waals surface area contributed by atoms with Crippen molar-refractivity contribution in [1.29, 1.82) is 0 Å². The lowest BCUT2D eigenvalue weighted by Crippen LogP contribution is -2.42. The van der Waals surface area contributed by atoms with Gasteiger partial charge < -0.3 is 4.90 Å².